The summed E-state index contributed by atoms with van der Waals surface area (Å²) in [4.78, 5) is 20.7. The average molecular weight is 423 g/mol. The lowest BCUT2D eigenvalue weighted by molar-refractivity contribution is -0.124. The lowest BCUT2D eigenvalue weighted by atomic mass is 10.00. The fourth-order valence-corrected chi connectivity index (χ4v) is 3.58. The summed E-state index contributed by atoms with van der Waals surface area (Å²) in [7, 11) is 1.86. The molecule has 1 amide bonds. The van der Waals surface area contributed by atoms with Gasteiger partial charge in [-0.1, -0.05) is 6.07 Å². The second-order valence-corrected chi connectivity index (χ2v) is 7.24. The topological polar surface area (TPSA) is 106 Å². The summed E-state index contributed by atoms with van der Waals surface area (Å²) in [6.45, 7) is 1.86. The highest BCUT2D eigenvalue weighted by atomic mass is 19.1. The second kappa shape index (κ2) is 7.77. The highest BCUT2D eigenvalue weighted by Crippen LogP contribution is 2.35. The minimum absolute atomic E-state index is 0.172. The number of anilines is 2. The van der Waals surface area contributed by atoms with E-state index in [0.29, 0.717) is 23.2 Å². The van der Waals surface area contributed by atoms with Crippen LogP contribution in [0.1, 0.15) is 17.2 Å². The molecule has 2 aromatic carbocycles. The smallest absolute Gasteiger partial charge is 0.257 e. The first-order valence-electron chi connectivity index (χ1n) is 9.36. The van der Waals surface area contributed by atoms with Crippen molar-refractivity contribution in [2.45, 2.75) is 13.0 Å². The van der Waals surface area contributed by atoms with Gasteiger partial charge in [0.1, 0.15) is 29.4 Å². The molecule has 0 fully saturated rings. The SMILES string of the molecule is Cc1cc(NC(=O)[C@H](O)c2cc(F)cc(F)c2)ccc1-c1cn(C)c2ncnc(N)c12. The van der Waals surface area contributed by atoms with E-state index >= 15 is 0 Å². The number of carbonyl (C=O) groups excluding carboxylic acids is 1. The monoisotopic (exact) mass is 423 g/mol. The normalized spacial score (nSPS) is 12.2. The van der Waals surface area contributed by atoms with Gasteiger partial charge in [0.2, 0.25) is 0 Å². The molecule has 158 valence electrons. The van der Waals surface area contributed by atoms with Crippen LogP contribution in [0.15, 0.2) is 48.9 Å². The summed E-state index contributed by atoms with van der Waals surface area (Å²) in [6.07, 6.45) is 1.58. The van der Waals surface area contributed by atoms with Crippen molar-refractivity contribution in [2.75, 3.05) is 11.1 Å². The molecular formula is C22H19F2N5O2. The number of benzene rings is 2. The number of carbonyl (C=O) groups is 1. The first-order valence-corrected chi connectivity index (χ1v) is 9.36. The van der Waals surface area contributed by atoms with E-state index in [4.69, 9.17) is 5.73 Å². The minimum Gasteiger partial charge on any atom is -0.383 e. The Bertz CT molecular complexity index is 1300. The Morgan fingerprint density at radius 3 is 2.52 bits per heavy atom. The number of aryl methyl sites for hydroxylation is 2. The van der Waals surface area contributed by atoms with Gasteiger partial charge in [0.15, 0.2) is 6.10 Å². The third-order valence-electron chi connectivity index (χ3n) is 5.02. The Morgan fingerprint density at radius 2 is 1.84 bits per heavy atom. The van der Waals surface area contributed by atoms with Gasteiger partial charge >= 0.3 is 0 Å². The fraction of sp³-hybridized carbons (Fsp3) is 0.136. The number of nitrogens with one attached hydrogen (secondary N) is 1. The van der Waals surface area contributed by atoms with Gasteiger partial charge < -0.3 is 20.7 Å². The van der Waals surface area contributed by atoms with Gasteiger partial charge in [-0.15, -0.1) is 0 Å². The molecule has 0 aliphatic heterocycles. The maximum atomic E-state index is 13.4. The van der Waals surface area contributed by atoms with Gasteiger partial charge in [0, 0.05) is 30.6 Å². The molecular weight excluding hydrogens is 404 g/mol. The number of hydrogen-bond acceptors (Lipinski definition) is 5. The number of halogens is 2. The molecule has 4 rings (SSSR count). The molecule has 2 aromatic heterocycles. The third kappa shape index (κ3) is 3.82. The van der Waals surface area contributed by atoms with Crippen molar-refractivity contribution < 1.29 is 18.7 Å². The van der Waals surface area contributed by atoms with Gasteiger partial charge in [-0.25, -0.2) is 18.7 Å². The number of aliphatic hydroxyl groups excluding tert-OH is 1. The average Bonchev–Trinajstić information content (AvgIpc) is 3.04. The predicted molar refractivity (Wildman–Crippen MR) is 113 cm³/mol. The number of nitrogens with zero attached hydrogens (tertiary/aromatic N) is 3. The number of amides is 1. The van der Waals surface area contributed by atoms with Crippen molar-refractivity contribution in [3.05, 3.63) is 71.7 Å². The Labute approximate surface area is 176 Å². The quantitative estimate of drug-likeness (QED) is 0.466. The maximum Gasteiger partial charge on any atom is 0.257 e. The Balaban J connectivity index is 1.62. The van der Waals surface area contributed by atoms with Crippen LogP contribution in [0.2, 0.25) is 0 Å². The second-order valence-electron chi connectivity index (χ2n) is 7.24. The summed E-state index contributed by atoms with van der Waals surface area (Å²) in [5.41, 5.74) is 9.57. The van der Waals surface area contributed by atoms with Crippen molar-refractivity contribution in [3.8, 4) is 11.1 Å². The predicted octanol–water partition coefficient (Wildman–Crippen LogP) is 3.48. The maximum absolute atomic E-state index is 13.4. The van der Waals surface area contributed by atoms with E-state index in [1.54, 1.807) is 18.2 Å². The van der Waals surface area contributed by atoms with Gasteiger partial charge in [-0.3, -0.25) is 4.79 Å². The van der Waals surface area contributed by atoms with Crippen LogP contribution in [-0.4, -0.2) is 25.5 Å². The zero-order chi connectivity index (χ0) is 22.3. The molecule has 0 aliphatic carbocycles. The van der Waals surface area contributed by atoms with Gasteiger partial charge in [-0.05, 0) is 47.9 Å². The number of rotatable bonds is 4. The molecule has 4 N–H and O–H groups in total. The molecule has 4 aromatic rings. The van der Waals surface area contributed by atoms with Crippen LogP contribution < -0.4 is 11.1 Å². The Kier molecular flexibility index (Phi) is 5.12. The third-order valence-corrected chi connectivity index (χ3v) is 5.02. The number of nitrogens with two attached hydrogens (primary N) is 1. The molecule has 0 saturated carbocycles. The van der Waals surface area contributed by atoms with Crippen molar-refractivity contribution in [2.24, 2.45) is 7.05 Å². The van der Waals surface area contributed by atoms with Crippen LogP contribution in [0.25, 0.3) is 22.2 Å². The number of nitrogen functional groups attached to an aromatic ring is 1. The molecule has 0 spiro atoms. The fourth-order valence-electron chi connectivity index (χ4n) is 3.58. The molecule has 0 aliphatic rings. The summed E-state index contributed by atoms with van der Waals surface area (Å²) in [5.74, 6) is -2.19. The molecule has 31 heavy (non-hydrogen) atoms. The summed E-state index contributed by atoms with van der Waals surface area (Å²) in [6, 6.07) is 7.69. The minimum atomic E-state index is -1.72. The zero-order valence-electron chi connectivity index (χ0n) is 16.7. The number of aliphatic hydroxyl groups is 1. The van der Waals surface area contributed by atoms with Crippen molar-refractivity contribution in [3.63, 3.8) is 0 Å². The molecule has 0 bridgehead atoms. The molecule has 0 unspecified atom stereocenters. The molecule has 0 radical (unpaired) electrons. The lowest BCUT2D eigenvalue weighted by Gasteiger charge is -2.14. The Morgan fingerprint density at radius 1 is 1.13 bits per heavy atom. The van der Waals surface area contributed by atoms with Crippen LogP contribution in [-0.2, 0) is 11.8 Å². The summed E-state index contributed by atoms with van der Waals surface area (Å²) in [5, 5.41) is 13.5. The highest BCUT2D eigenvalue weighted by Gasteiger charge is 2.20. The standard InChI is InChI=1S/C22H19F2N5O2/c1-11-5-15(28-22(31)19(30)12-6-13(23)8-14(24)7-12)3-4-16(11)17-9-29(2)21-18(17)20(25)26-10-27-21/h3-10,19,30H,1-2H3,(H,28,31)(H2,25,26,27)/t19-/m1/s1. The van der Waals surface area contributed by atoms with E-state index in [1.807, 2.05) is 24.7 Å². The van der Waals surface area contributed by atoms with Crippen LogP contribution >= 0.6 is 0 Å². The first kappa shape index (κ1) is 20.4. The van der Waals surface area contributed by atoms with Crippen LogP contribution in [0.3, 0.4) is 0 Å². The van der Waals surface area contributed by atoms with E-state index in [0.717, 1.165) is 34.2 Å². The first-order chi connectivity index (χ1) is 14.7. The van der Waals surface area contributed by atoms with E-state index in [2.05, 4.69) is 15.3 Å². The molecule has 1 atom stereocenters. The molecule has 9 heteroatoms. The molecule has 0 saturated heterocycles. The molecule has 7 nitrogen and oxygen atoms in total. The number of aromatic nitrogens is 3. The largest absolute Gasteiger partial charge is 0.383 e. The van der Waals surface area contributed by atoms with Crippen molar-refractivity contribution in [1.29, 1.82) is 0 Å². The van der Waals surface area contributed by atoms with Crippen LogP contribution in [0, 0.1) is 18.6 Å². The lowest BCUT2D eigenvalue weighted by Crippen LogP contribution is -2.21. The van der Waals surface area contributed by atoms with Gasteiger partial charge in [0.05, 0.1) is 5.39 Å². The van der Waals surface area contributed by atoms with Crippen molar-refractivity contribution in [1.82, 2.24) is 14.5 Å². The summed E-state index contributed by atoms with van der Waals surface area (Å²) >= 11 is 0. The molecule has 2 heterocycles. The summed E-state index contributed by atoms with van der Waals surface area (Å²) < 4.78 is 28.6. The van der Waals surface area contributed by atoms with Crippen LogP contribution in [0.5, 0.6) is 0 Å². The zero-order valence-corrected chi connectivity index (χ0v) is 16.7. The highest BCUT2D eigenvalue weighted by molar-refractivity contribution is 6.01. The van der Waals surface area contributed by atoms with Gasteiger partial charge in [0.25, 0.3) is 5.91 Å². The van der Waals surface area contributed by atoms with Crippen molar-refractivity contribution >= 4 is 28.4 Å². The van der Waals surface area contributed by atoms with E-state index in [-0.39, 0.29) is 5.56 Å². The number of hydrogen-bond donors (Lipinski definition) is 3. The Hall–Kier alpha value is -3.85. The van der Waals surface area contributed by atoms with E-state index in [9.17, 15) is 18.7 Å². The van der Waals surface area contributed by atoms with Crippen LogP contribution in [0.4, 0.5) is 20.3 Å². The number of fused-ring (bicyclic) bond motifs is 1. The van der Waals surface area contributed by atoms with E-state index < -0.39 is 23.6 Å². The van der Waals surface area contributed by atoms with E-state index in [1.165, 1.54) is 6.33 Å². The van der Waals surface area contributed by atoms with Gasteiger partial charge in [-0.2, -0.15) is 0 Å².